The lowest BCUT2D eigenvalue weighted by molar-refractivity contribution is -0.104. The summed E-state index contributed by atoms with van der Waals surface area (Å²) >= 11 is 0. The Hall–Kier alpha value is -0.120. The zero-order valence-corrected chi connectivity index (χ0v) is 8.01. The summed E-state index contributed by atoms with van der Waals surface area (Å²) in [5.74, 6) is 0. The maximum absolute atomic E-state index is 5.82. The second kappa shape index (κ2) is 4.21. The van der Waals surface area contributed by atoms with E-state index in [9.17, 15) is 0 Å². The first kappa shape index (κ1) is 9.96. The van der Waals surface area contributed by atoms with Gasteiger partial charge in [0.1, 0.15) is 0 Å². The van der Waals surface area contributed by atoms with Gasteiger partial charge in [-0.2, -0.15) is 0 Å². The molecule has 0 spiro atoms. The minimum Gasteiger partial charge on any atom is -0.381 e. The van der Waals surface area contributed by atoms with Gasteiger partial charge in [-0.3, -0.25) is 0 Å². The first-order chi connectivity index (χ1) is 5.64. The fourth-order valence-corrected chi connectivity index (χ4v) is 1.29. The molecule has 1 fully saturated rings. The van der Waals surface area contributed by atoms with E-state index >= 15 is 0 Å². The van der Waals surface area contributed by atoms with Crippen molar-refractivity contribution < 1.29 is 9.47 Å². The monoisotopic (exact) mass is 173 g/mol. The predicted octanol–water partition coefficient (Wildman–Crippen LogP) is 0.919. The molecular formula is C9H19NO2. The maximum atomic E-state index is 5.82. The molecule has 0 saturated carbocycles. The number of rotatable bonds is 3. The van der Waals surface area contributed by atoms with Crippen LogP contribution in [0.5, 0.6) is 0 Å². The lowest BCUT2D eigenvalue weighted by Gasteiger charge is -2.31. The SMILES string of the molecule is CC(C)(CN)OC1CCOCC1. The second-order valence-corrected chi connectivity index (χ2v) is 3.89. The van der Waals surface area contributed by atoms with Crippen LogP contribution in [0.25, 0.3) is 0 Å². The summed E-state index contributed by atoms with van der Waals surface area (Å²) < 4.78 is 11.1. The summed E-state index contributed by atoms with van der Waals surface area (Å²) in [7, 11) is 0. The number of hydrogen-bond donors (Lipinski definition) is 1. The molecule has 0 unspecified atom stereocenters. The van der Waals surface area contributed by atoms with Gasteiger partial charge in [-0.15, -0.1) is 0 Å². The molecule has 0 aromatic heterocycles. The molecule has 12 heavy (non-hydrogen) atoms. The van der Waals surface area contributed by atoms with Gasteiger partial charge in [0, 0.05) is 19.8 Å². The molecule has 0 atom stereocenters. The lowest BCUT2D eigenvalue weighted by atomic mass is 10.1. The molecule has 1 saturated heterocycles. The summed E-state index contributed by atoms with van der Waals surface area (Å²) in [5.41, 5.74) is 5.39. The fourth-order valence-electron chi connectivity index (χ4n) is 1.29. The Kier molecular flexibility index (Phi) is 3.50. The van der Waals surface area contributed by atoms with Crippen LogP contribution in [0.1, 0.15) is 26.7 Å². The molecule has 0 bridgehead atoms. The summed E-state index contributed by atoms with van der Waals surface area (Å²) in [6.07, 6.45) is 2.35. The van der Waals surface area contributed by atoms with Gasteiger partial charge in [-0.25, -0.2) is 0 Å². The molecule has 1 aliphatic heterocycles. The summed E-state index contributed by atoms with van der Waals surface area (Å²) in [6.45, 7) is 6.28. The van der Waals surface area contributed by atoms with Crippen LogP contribution >= 0.6 is 0 Å². The van der Waals surface area contributed by atoms with Gasteiger partial charge in [-0.1, -0.05) is 0 Å². The van der Waals surface area contributed by atoms with E-state index < -0.39 is 0 Å². The van der Waals surface area contributed by atoms with Crippen molar-refractivity contribution in [1.82, 2.24) is 0 Å². The van der Waals surface area contributed by atoms with Crippen molar-refractivity contribution in [1.29, 1.82) is 0 Å². The predicted molar refractivity (Wildman–Crippen MR) is 48.1 cm³/mol. The number of ether oxygens (including phenoxy) is 2. The molecule has 1 aliphatic rings. The molecule has 3 nitrogen and oxygen atoms in total. The quantitative estimate of drug-likeness (QED) is 0.690. The Bertz CT molecular complexity index is 130. The van der Waals surface area contributed by atoms with Gasteiger partial charge in [-0.05, 0) is 26.7 Å². The van der Waals surface area contributed by atoms with Crippen LogP contribution in [-0.2, 0) is 9.47 Å². The minimum atomic E-state index is -0.179. The van der Waals surface area contributed by atoms with E-state index in [1.54, 1.807) is 0 Å². The molecular weight excluding hydrogens is 154 g/mol. The fraction of sp³-hybridized carbons (Fsp3) is 1.00. The highest BCUT2D eigenvalue weighted by Gasteiger charge is 2.23. The standard InChI is InChI=1S/C9H19NO2/c1-9(2,7-10)12-8-3-5-11-6-4-8/h8H,3-7,10H2,1-2H3. The van der Waals surface area contributed by atoms with E-state index in [4.69, 9.17) is 15.2 Å². The topological polar surface area (TPSA) is 44.5 Å². The first-order valence-corrected chi connectivity index (χ1v) is 4.60. The van der Waals surface area contributed by atoms with E-state index in [2.05, 4.69) is 0 Å². The van der Waals surface area contributed by atoms with Crippen LogP contribution in [-0.4, -0.2) is 31.5 Å². The lowest BCUT2D eigenvalue weighted by Crippen LogP contribution is -2.39. The van der Waals surface area contributed by atoms with Gasteiger partial charge < -0.3 is 15.2 Å². The third-order valence-corrected chi connectivity index (χ3v) is 2.15. The van der Waals surface area contributed by atoms with Crippen LogP contribution < -0.4 is 5.73 Å². The smallest absolute Gasteiger partial charge is 0.0751 e. The molecule has 3 heteroatoms. The second-order valence-electron chi connectivity index (χ2n) is 3.89. The highest BCUT2D eigenvalue weighted by molar-refractivity contribution is 4.73. The average molecular weight is 173 g/mol. The zero-order valence-electron chi connectivity index (χ0n) is 8.01. The molecule has 2 N–H and O–H groups in total. The van der Waals surface area contributed by atoms with E-state index in [1.807, 2.05) is 13.8 Å². The van der Waals surface area contributed by atoms with Crippen LogP contribution in [0.3, 0.4) is 0 Å². The Labute approximate surface area is 74.2 Å². The Morgan fingerprint density at radius 3 is 2.50 bits per heavy atom. The summed E-state index contributed by atoms with van der Waals surface area (Å²) in [4.78, 5) is 0. The van der Waals surface area contributed by atoms with Gasteiger partial charge in [0.25, 0.3) is 0 Å². The molecule has 0 radical (unpaired) electrons. The van der Waals surface area contributed by atoms with E-state index in [0.717, 1.165) is 26.1 Å². The van der Waals surface area contributed by atoms with Gasteiger partial charge >= 0.3 is 0 Å². The van der Waals surface area contributed by atoms with Gasteiger partial charge in [0.2, 0.25) is 0 Å². The Morgan fingerprint density at radius 1 is 1.42 bits per heavy atom. The van der Waals surface area contributed by atoms with Crippen molar-refractivity contribution in [2.24, 2.45) is 5.73 Å². The molecule has 0 amide bonds. The number of nitrogens with two attached hydrogens (primary N) is 1. The highest BCUT2D eigenvalue weighted by Crippen LogP contribution is 2.18. The van der Waals surface area contributed by atoms with Crippen LogP contribution in [0.2, 0.25) is 0 Å². The highest BCUT2D eigenvalue weighted by atomic mass is 16.5. The molecule has 1 heterocycles. The Morgan fingerprint density at radius 2 is 2.00 bits per heavy atom. The molecule has 0 aliphatic carbocycles. The third-order valence-electron chi connectivity index (χ3n) is 2.15. The normalized spacial score (nSPS) is 21.2. The number of hydrogen-bond acceptors (Lipinski definition) is 3. The summed E-state index contributed by atoms with van der Waals surface area (Å²) in [6, 6.07) is 0. The van der Waals surface area contributed by atoms with Crippen molar-refractivity contribution in [2.45, 2.75) is 38.4 Å². The maximum Gasteiger partial charge on any atom is 0.0751 e. The van der Waals surface area contributed by atoms with Crippen molar-refractivity contribution >= 4 is 0 Å². The van der Waals surface area contributed by atoms with Gasteiger partial charge in [0.05, 0.1) is 11.7 Å². The van der Waals surface area contributed by atoms with Crippen LogP contribution in [0.4, 0.5) is 0 Å². The van der Waals surface area contributed by atoms with Crippen molar-refractivity contribution in [3.63, 3.8) is 0 Å². The van der Waals surface area contributed by atoms with Crippen LogP contribution in [0, 0.1) is 0 Å². The first-order valence-electron chi connectivity index (χ1n) is 4.60. The van der Waals surface area contributed by atoms with Crippen LogP contribution in [0.15, 0.2) is 0 Å². The third kappa shape index (κ3) is 3.09. The summed E-state index contributed by atoms with van der Waals surface area (Å²) in [5, 5.41) is 0. The van der Waals surface area contributed by atoms with E-state index in [0.29, 0.717) is 12.6 Å². The van der Waals surface area contributed by atoms with Crippen molar-refractivity contribution in [3.8, 4) is 0 Å². The molecule has 0 aromatic rings. The molecule has 0 aromatic carbocycles. The Balaban J connectivity index is 2.28. The molecule has 1 rings (SSSR count). The van der Waals surface area contributed by atoms with Crippen molar-refractivity contribution in [2.75, 3.05) is 19.8 Å². The average Bonchev–Trinajstić information content (AvgIpc) is 2.06. The molecule has 72 valence electrons. The van der Waals surface area contributed by atoms with Gasteiger partial charge in [0.15, 0.2) is 0 Å². The largest absolute Gasteiger partial charge is 0.381 e. The van der Waals surface area contributed by atoms with Crippen molar-refractivity contribution in [3.05, 3.63) is 0 Å². The van der Waals surface area contributed by atoms with E-state index in [-0.39, 0.29) is 5.60 Å². The minimum absolute atomic E-state index is 0.179. The van der Waals surface area contributed by atoms with E-state index in [1.165, 1.54) is 0 Å². The zero-order chi connectivity index (χ0) is 9.03.